The minimum absolute atomic E-state index is 0.359. The van der Waals surface area contributed by atoms with Crippen LogP contribution in [0.15, 0.2) is 0 Å². The molecule has 0 bridgehead atoms. The van der Waals surface area contributed by atoms with Gasteiger partial charge in [0, 0.05) is 23.2 Å². The third-order valence-electron chi connectivity index (χ3n) is 3.17. The molecule has 21 heavy (non-hydrogen) atoms. The summed E-state index contributed by atoms with van der Waals surface area (Å²) in [6, 6.07) is 0. The monoisotopic (exact) mass is 430 g/mol. The first kappa shape index (κ1) is 23.7. The minimum atomic E-state index is -0.833. The maximum atomic E-state index is 9.00. The van der Waals surface area contributed by atoms with Gasteiger partial charge in [-0.1, -0.05) is 83.7 Å². The predicted molar refractivity (Wildman–Crippen MR) is 97.7 cm³/mol. The molecule has 0 fully saturated rings. The quantitative estimate of drug-likeness (QED) is 0.316. The molecule has 0 aromatic carbocycles. The summed E-state index contributed by atoms with van der Waals surface area (Å²) in [6.45, 7) is 3.66. The van der Waals surface area contributed by atoms with Crippen molar-refractivity contribution in [2.45, 2.75) is 87.7 Å². The molecule has 0 aliphatic rings. The number of alkyl halides is 2. The average Bonchev–Trinajstić information content (AvgIpc) is 2.43. The molecule has 0 radical (unpaired) electrons. The van der Waals surface area contributed by atoms with Gasteiger partial charge in [-0.15, -0.1) is 0 Å². The van der Waals surface area contributed by atoms with Crippen molar-refractivity contribution in [3.05, 3.63) is 0 Å². The number of unbranched alkanes of at least 4 members (excludes halogenated alkanes) is 7. The van der Waals surface area contributed by atoms with Gasteiger partial charge in [0.2, 0.25) is 0 Å². The summed E-state index contributed by atoms with van der Waals surface area (Å²) >= 11 is 7.44. The number of rotatable bonds is 12. The Hall–Kier alpha value is 0.390. The van der Waals surface area contributed by atoms with E-state index in [1.165, 1.54) is 57.8 Å². The van der Waals surface area contributed by atoms with E-state index in [1.54, 1.807) is 0 Å². The van der Waals surface area contributed by atoms with Crippen molar-refractivity contribution in [1.82, 2.24) is 0 Å². The summed E-state index contributed by atoms with van der Waals surface area (Å²) in [5, 5.41) is 16.1. The van der Waals surface area contributed by atoms with Gasteiger partial charge in [0.1, 0.15) is 0 Å². The molecule has 0 aliphatic heterocycles. The van der Waals surface area contributed by atoms with Crippen LogP contribution in [-0.4, -0.2) is 32.4 Å². The summed E-state index contributed by atoms with van der Waals surface area (Å²) in [5.41, 5.74) is 0. The second-order valence-electron chi connectivity index (χ2n) is 5.30. The van der Waals surface area contributed by atoms with Gasteiger partial charge < -0.3 is 10.2 Å². The Kier molecular flexibility index (Phi) is 20.8. The first-order valence-corrected chi connectivity index (χ1v) is 9.87. The molecule has 3 nitrogen and oxygen atoms in total. The van der Waals surface area contributed by atoms with E-state index in [4.69, 9.17) is 15.0 Å². The van der Waals surface area contributed by atoms with Gasteiger partial charge in [-0.2, -0.15) is 0 Å². The largest absolute Gasteiger partial charge is 0.481 e. The third kappa shape index (κ3) is 22.8. The number of aliphatic carboxylic acids is 1. The highest BCUT2D eigenvalue weighted by atomic mass is 79.9. The van der Waals surface area contributed by atoms with Crippen LogP contribution in [0.5, 0.6) is 0 Å². The van der Waals surface area contributed by atoms with Gasteiger partial charge in [-0.25, -0.2) is 0 Å². The number of aliphatic hydroxyl groups is 1. The van der Waals surface area contributed by atoms with E-state index in [0.717, 1.165) is 13.3 Å². The summed E-state index contributed by atoms with van der Waals surface area (Å²) < 4.78 is 0. The van der Waals surface area contributed by atoms with Crippen LogP contribution < -0.4 is 0 Å². The lowest BCUT2D eigenvalue weighted by atomic mass is 10.1. The Bertz CT molecular complexity index is 222. The SMILES string of the molecule is CC(=O)O.CCC(Br)C(Br)CCCCCCCCCCO. The second-order valence-corrected chi connectivity index (χ2v) is 7.65. The van der Waals surface area contributed by atoms with Crippen molar-refractivity contribution < 1.29 is 15.0 Å². The lowest BCUT2D eigenvalue weighted by Gasteiger charge is -2.14. The molecule has 2 N–H and O–H groups in total. The smallest absolute Gasteiger partial charge is 0.300 e. The molecule has 5 heteroatoms. The first-order chi connectivity index (χ1) is 9.95. The standard InChI is InChI=1S/C14H28Br2O.C2H4O2/c1-2-13(15)14(16)11-9-7-5-3-4-6-8-10-12-17;1-2(3)4/h13-14,17H,2-12H2,1H3;1H3,(H,3,4). The van der Waals surface area contributed by atoms with E-state index >= 15 is 0 Å². The molecule has 0 spiro atoms. The average molecular weight is 432 g/mol. The fourth-order valence-corrected chi connectivity index (χ4v) is 2.91. The predicted octanol–water partition coefficient (Wildman–Crippen LogP) is 5.52. The molecule has 0 amide bonds. The van der Waals surface area contributed by atoms with Gasteiger partial charge in [-0.05, 0) is 19.3 Å². The van der Waals surface area contributed by atoms with Gasteiger partial charge in [0.15, 0.2) is 0 Å². The molecular weight excluding hydrogens is 400 g/mol. The van der Waals surface area contributed by atoms with Crippen molar-refractivity contribution in [3.63, 3.8) is 0 Å². The Morgan fingerprint density at radius 1 is 0.905 bits per heavy atom. The van der Waals surface area contributed by atoms with Gasteiger partial charge in [-0.3, -0.25) is 4.79 Å². The van der Waals surface area contributed by atoms with Crippen molar-refractivity contribution in [2.75, 3.05) is 6.61 Å². The Morgan fingerprint density at radius 2 is 1.29 bits per heavy atom. The van der Waals surface area contributed by atoms with Gasteiger partial charge in [0.05, 0.1) is 0 Å². The molecule has 0 saturated heterocycles. The zero-order chi connectivity index (χ0) is 16.5. The molecule has 0 aromatic rings. The zero-order valence-electron chi connectivity index (χ0n) is 13.5. The van der Waals surface area contributed by atoms with Crippen LogP contribution in [-0.2, 0) is 4.79 Å². The summed E-state index contributed by atoms with van der Waals surface area (Å²) in [4.78, 5) is 10.3. The van der Waals surface area contributed by atoms with Crippen LogP contribution in [0, 0.1) is 0 Å². The van der Waals surface area contributed by atoms with Gasteiger partial charge in [0.25, 0.3) is 5.97 Å². The number of aliphatic hydroxyl groups excluding tert-OH is 1. The van der Waals surface area contributed by atoms with E-state index in [9.17, 15) is 0 Å². The van der Waals surface area contributed by atoms with Crippen LogP contribution in [0.25, 0.3) is 0 Å². The number of hydrogen-bond donors (Lipinski definition) is 2. The molecule has 2 atom stereocenters. The number of carboxylic acids is 1. The number of carbonyl (C=O) groups is 1. The highest BCUT2D eigenvalue weighted by Gasteiger charge is 2.12. The molecule has 0 heterocycles. The Labute approximate surface area is 147 Å². The molecule has 0 rings (SSSR count). The van der Waals surface area contributed by atoms with E-state index < -0.39 is 5.97 Å². The van der Waals surface area contributed by atoms with Crippen molar-refractivity contribution >= 4 is 37.8 Å². The highest BCUT2D eigenvalue weighted by Crippen LogP contribution is 2.23. The fourth-order valence-electron chi connectivity index (χ4n) is 1.95. The second kappa shape index (κ2) is 18.4. The Balaban J connectivity index is 0. The minimum Gasteiger partial charge on any atom is -0.481 e. The fraction of sp³-hybridized carbons (Fsp3) is 0.938. The summed E-state index contributed by atoms with van der Waals surface area (Å²) in [5.74, 6) is -0.833. The highest BCUT2D eigenvalue weighted by molar-refractivity contribution is 9.12. The lowest BCUT2D eigenvalue weighted by Crippen LogP contribution is -2.12. The topological polar surface area (TPSA) is 57.5 Å². The molecule has 0 aromatic heterocycles. The van der Waals surface area contributed by atoms with Crippen LogP contribution >= 0.6 is 31.9 Å². The van der Waals surface area contributed by atoms with E-state index in [1.807, 2.05) is 0 Å². The van der Waals surface area contributed by atoms with Crippen molar-refractivity contribution in [2.24, 2.45) is 0 Å². The van der Waals surface area contributed by atoms with Gasteiger partial charge >= 0.3 is 0 Å². The lowest BCUT2D eigenvalue weighted by molar-refractivity contribution is -0.134. The van der Waals surface area contributed by atoms with Crippen LogP contribution in [0.3, 0.4) is 0 Å². The van der Waals surface area contributed by atoms with E-state index in [2.05, 4.69) is 38.8 Å². The maximum Gasteiger partial charge on any atom is 0.300 e. The summed E-state index contributed by atoms with van der Waals surface area (Å²) in [6.07, 6.45) is 12.7. The molecule has 0 saturated carbocycles. The third-order valence-corrected chi connectivity index (χ3v) is 6.26. The van der Waals surface area contributed by atoms with E-state index in [-0.39, 0.29) is 0 Å². The number of carboxylic acid groups (broad SMARTS) is 1. The molecular formula is C16H32Br2O3. The molecule has 2 unspecified atom stereocenters. The number of hydrogen-bond acceptors (Lipinski definition) is 2. The number of halogens is 2. The van der Waals surface area contributed by atoms with Crippen molar-refractivity contribution in [3.8, 4) is 0 Å². The van der Waals surface area contributed by atoms with Crippen molar-refractivity contribution in [1.29, 1.82) is 0 Å². The maximum absolute atomic E-state index is 9.00. The molecule has 128 valence electrons. The first-order valence-electron chi connectivity index (χ1n) is 8.04. The summed E-state index contributed by atoms with van der Waals surface area (Å²) in [7, 11) is 0. The van der Waals surface area contributed by atoms with E-state index in [0.29, 0.717) is 16.3 Å². The zero-order valence-corrected chi connectivity index (χ0v) is 16.7. The Morgan fingerprint density at radius 3 is 1.67 bits per heavy atom. The normalized spacial score (nSPS) is 13.2. The van der Waals surface area contributed by atoms with Crippen LogP contribution in [0.4, 0.5) is 0 Å². The molecule has 0 aliphatic carbocycles. The van der Waals surface area contributed by atoms with Crippen LogP contribution in [0.2, 0.25) is 0 Å². The van der Waals surface area contributed by atoms with Crippen LogP contribution in [0.1, 0.15) is 78.1 Å².